The van der Waals surface area contributed by atoms with Gasteiger partial charge in [0.25, 0.3) is 0 Å². The van der Waals surface area contributed by atoms with E-state index in [1.54, 1.807) is 0 Å². The summed E-state index contributed by atoms with van der Waals surface area (Å²) >= 11 is 0. The standard InChI is InChI=1S/C24H40N4O2/c1-4-6-7-11-24(10-5-2,17-21-9-8-12-25-18-21)23-26-29-20-22(30-23)19-28-15-13-27(3)14-16-28/h8-9,12,18,22H,4-7,10-11,13-17,19-20H2,1-3H3. The van der Waals surface area contributed by atoms with Crippen LogP contribution >= 0.6 is 0 Å². The molecule has 2 unspecified atom stereocenters. The molecule has 0 N–H and O–H groups in total. The first-order valence-electron chi connectivity index (χ1n) is 11.8. The summed E-state index contributed by atoms with van der Waals surface area (Å²) in [5.74, 6) is 0.815. The highest BCUT2D eigenvalue weighted by Crippen LogP contribution is 2.38. The van der Waals surface area contributed by atoms with Gasteiger partial charge in [-0.1, -0.05) is 50.8 Å². The van der Waals surface area contributed by atoms with Crippen LogP contribution in [0.3, 0.4) is 0 Å². The Bertz CT molecular complexity index is 646. The number of piperazine rings is 1. The van der Waals surface area contributed by atoms with Crippen molar-refractivity contribution in [2.45, 2.75) is 64.9 Å². The minimum atomic E-state index is -0.117. The molecule has 2 aliphatic heterocycles. The van der Waals surface area contributed by atoms with Gasteiger partial charge in [0.1, 0.15) is 6.10 Å². The molecule has 0 saturated carbocycles. The smallest absolute Gasteiger partial charge is 0.232 e. The van der Waals surface area contributed by atoms with Crippen LogP contribution in [0.25, 0.3) is 0 Å². The molecule has 0 aliphatic carbocycles. The topological polar surface area (TPSA) is 50.2 Å². The van der Waals surface area contributed by atoms with Crippen LogP contribution in [0, 0.1) is 5.41 Å². The molecule has 0 spiro atoms. The molecule has 1 aromatic heterocycles. The fraction of sp³-hybridized carbons (Fsp3) is 0.750. The summed E-state index contributed by atoms with van der Waals surface area (Å²) in [5, 5.41) is 4.50. The molecule has 2 aliphatic rings. The molecular formula is C24H40N4O2. The maximum Gasteiger partial charge on any atom is 0.232 e. The lowest BCUT2D eigenvalue weighted by molar-refractivity contribution is -0.0261. The van der Waals surface area contributed by atoms with E-state index in [-0.39, 0.29) is 11.5 Å². The zero-order valence-electron chi connectivity index (χ0n) is 19.2. The number of hydrogen-bond acceptors (Lipinski definition) is 6. The van der Waals surface area contributed by atoms with Gasteiger partial charge in [0.15, 0.2) is 6.61 Å². The third-order valence-electron chi connectivity index (χ3n) is 6.45. The Morgan fingerprint density at radius 1 is 1.10 bits per heavy atom. The van der Waals surface area contributed by atoms with Gasteiger partial charge in [0.05, 0.1) is 5.41 Å². The van der Waals surface area contributed by atoms with E-state index in [1.165, 1.54) is 24.8 Å². The molecule has 3 rings (SSSR count). The van der Waals surface area contributed by atoms with E-state index in [2.05, 4.69) is 46.9 Å². The van der Waals surface area contributed by atoms with Crippen molar-refractivity contribution >= 4 is 5.90 Å². The molecule has 30 heavy (non-hydrogen) atoms. The van der Waals surface area contributed by atoms with Gasteiger partial charge in [-0.05, 0) is 37.9 Å². The summed E-state index contributed by atoms with van der Waals surface area (Å²) < 4.78 is 6.59. The van der Waals surface area contributed by atoms with Crippen molar-refractivity contribution in [3.8, 4) is 0 Å². The molecule has 0 amide bonds. The van der Waals surface area contributed by atoms with Gasteiger partial charge in [-0.15, -0.1) is 0 Å². The van der Waals surface area contributed by atoms with Crippen LogP contribution in [0.15, 0.2) is 29.7 Å². The maximum absolute atomic E-state index is 6.59. The molecule has 0 aromatic carbocycles. The molecule has 0 radical (unpaired) electrons. The Hall–Kier alpha value is -1.66. The first-order chi connectivity index (χ1) is 14.6. The molecule has 1 aromatic rings. The third kappa shape index (κ3) is 6.42. The Labute approximate surface area is 182 Å². The second-order valence-corrected chi connectivity index (χ2v) is 9.06. The van der Waals surface area contributed by atoms with Crippen molar-refractivity contribution in [3.63, 3.8) is 0 Å². The van der Waals surface area contributed by atoms with Gasteiger partial charge in [0.2, 0.25) is 5.90 Å². The van der Waals surface area contributed by atoms with E-state index in [0.717, 1.165) is 64.3 Å². The van der Waals surface area contributed by atoms with E-state index < -0.39 is 0 Å². The molecule has 1 saturated heterocycles. The van der Waals surface area contributed by atoms with E-state index >= 15 is 0 Å². The highest BCUT2D eigenvalue weighted by atomic mass is 16.7. The summed E-state index contributed by atoms with van der Waals surface area (Å²) in [6.07, 6.45) is 11.6. The van der Waals surface area contributed by atoms with Gasteiger partial charge in [0, 0.05) is 45.1 Å². The number of nitrogens with zero attached hydrogens (tertiary/aromatic N) is 4. The van der Waals surface area contributed by atoms with Crippen LogP contribution < -0.4 is 0 Å². The summed E-state index contributed by atoms with van der Waals surface area (Å²) in [4.78, 5) is 15.0. The fourth-order valence-corrected chi connectivity index (χ4v) is 4.70. The normalized spacial score (nSPS) is 22.6. The minimum Gasteiger partial charge on any atom is -0.470 e. The second-order valence-electron chi connectivity index (χ2n) is 9.06. The first kappa shape index (κ1) is 23.0. The number of pyridine rings is 1. The van der Waals surface area contributed by atoms with E-state index in [1.807, 2.05) is 18.5 Å². The number of aromatic nitrogens is 1. The SMILES string of the molecule is CCCCCC(CCC)(Cc1cccnc1)C1=NOCC(CN2CCN(C)CC2)O1. The number of hydrogen-bond donors (Lipinski definition) is 0. The van der Waals surface area contributed by atoms with Crippen LogP contribution in [-0.2, 0) is 16.0 Å². The third-order valence-corrected chi connectivity index (χ3v) is 6.45. The van der Waals surface area contributed by atoms with Crippen molar-refractivity contribution in [2.75, 3.05) is 46.4 Å². The van der Waals surface area contributed by atoms with E-state index in [4.69, 9.17) is 9.57 Å². The molecule has 6 heteroatoms. The zero-order chi connectivity index (χ0) is 21.2. The second kappa shape index (κ2) is 11.7. The molecule has 0 bridgehead atoms. The van der Waals surface area contributed by atoms with Crippen molar-refractivity contribution in [1.82, 2.24) is 14.8 Å². The summed E-state index contributed by atoms with van der Waals surface area (Å²) in [5.41, 5.74) is 1.13. The fourth-order valence-electron chi connectivity index (χ4n) is 4.70. The molecule has 168 valence electrons. The van der Waals surface area contributed by atoms with Crippen LogP contribution in [0.4, 0.5) is 0 Å². The van der Waals surface area contributed by atoms with Crippen molar-refractivity contribution < 1.29 is 9.57 Å². The van der Waals surface area contributed by atoms with Gasteiger partial charge in [-0.2, -0.15) is 0 Å². The minimum absolute atomic E-state index is 0.0530. The number of unbranched alkanes of at least 4 members (excludes halogenated alkanes) is 2. The average molecular weight is 417 g/mol. The lowest BCUT2D eigenvalue weighted by atomic mass is 9.73. The molecule has 1 fully saturated rings. The van der Waals surface area contributed by atoms with Gasteiger partial charge >= 0.3 is 0 Å². The van der Waals surface area contributed by atoms with E-state index in [0.29, 0.717) is 6.61 Å². The molecule has 2 atom stereocenters. The maximum atomic E-state index is 6.59. The Balaban J connectivity index is 1.74. The lowest BCUT2D eigenvalue weighted by Crippen LogP contribution is -2.50. The Morgan fingerprint density at radius 2 is 1.93 bits per heavy atom. The van der Waals surface area contributed by atoms with Gasteiger partial charge in [-0.25, -0.2) is 0 Å². The number of rotatable bonds is 11. The quantitative estimate of drug-likeness (QED) is 0.511. The van der Waals surface area contributed by atoms with Crippen LogP contribution in [0.2, 0.25) is 0 Å². The predicted octanol–water partition coefficient (Wildman–Crippen LogP) is 3.97. The molecule has 3 heterocycles. The number of ether oxygens (including phenoxy) is 1. The Kier molecular flexibility index (Phi) is 8.94. The van der Waals surface area contributed by atoms with Gasteiger partial charge in [-0.3, -0.25) is 9.88 Å². The van der Waals surface area contributed by atoms with E-state index in [9.17, 15) is 0 Å². The number of likely N-dealkylation sites (N-methyl/N-ethyl adjacent to an activating group) is 1. The number of oxime groups is 1. The van der Waals surface area contributed by atoms with Crippen molar-refractivity contribution in [1.29, 1.82) is 0 Å². The monoisotopic (exact) mass is 416 g/mol. The predicted molar refractivity (Wildman–Crippen MR) is 122 cm³/mol. The van der Waals surface area contributed by atoms with Crippen LogP contribution in [-0.4, -0.2) is 73.2 Å². The summed E-state index contributed by atoms with van der Waals surface area (Å²) in [6, 6.07) is 4.19. The van der Waals surface area contributed by atoms with Crippen molar-refractivity contribution in [3.05, 3.63) is 30.1 Å². The van der Waals surface area contributed by atoms with Crippen molar-refractivity contribution in [2.24, 2.45) is 10.6 Å². The summed E-state index contributed by atoms with van der Waals surface area (Å²) in [7, 11) is 2.19. The van der Waals surface area contributed by atoms with Crippen LogP contribution in [0.1, 0.15) is 57.9 Å². The zero-order valence-corrected chi connectivity index (χ0v) is 19.2. The summed E-state index contributed by atoms with van der Waals surface area (Å²) in [6.45, 7) is 10.4. The lowest BCUT2D eigenvalue weighted by Gasteiger charge is -2.39. The molecular weight excluding hydrogens is 376 g/mol. The highest BCUT2D eigenvalue weighted by molar-refractivity contribution is 5.83. The van der Waals surface area contributed by atoms with Crippen LogP contribution in [0.5, 0.6) is 0 Å². The molecule has 6 nitrogen and oxygen atoms in total. The first-order valence-corrected chi connectivity index (χ1v) is 11.8. The average Bonchev–Trinajstić information content (AvgIpc) is 2.76. The largest absolute Gasteiger partial charge is 0.470 e. The highest BCUT2D eigenvalue weighted by Gasteiger charge is 2.40. The van der Waals surface area contributed by atoms with Gasteiger partial charge < -0.3 is 14.5 Å². The Morgan fingerprint density at radius 3 is 2.63 bits per heavy atom.